The maximum absolute atomic E-state index is 9.39. The van der Waals surface area contributed by atoms with Gasteiger partial charge in [0.2, 0.25) is 0 Å². The summed E-state index contributed by atoms with van der Waals surface area (Å²) in [6.07, 6.45) is 0.465. The molecule has 1 aromatic rings. The number of hydrogen-bond donors (Lipinski definition) is 2. The van der Waals surface area contributed by atoms with E-state index in [9.17, 15) is 5.11 Å². The molecule has 0 aliphatic carbocycles. The standard InChI is InChI=1S/C10H13NO2.ClH/c1-13-9-3-2-7-4-8(12)6-11-10(7)5-9;/h2-3,5,8,11-12H,4,6H2,1H3;1H. The fourth-order valence-electron chi connectivity index (χ4n) is 1.58. The largest absolute Gasteiger partial charge is 0.497 e. The Bertz CT molecular complexity index is 317. The van der Waals surface area contributed by atoms with Crippen LogP contribution in [0.25, 0.3) is 0 Å². The Morgan fingerprint density at radius 2 is 2.29 bits per heavy atom. The number of hydrogen-bond acceptors (Lipinski definition) is 3. The van der Waals surface area contributed by atoms with Crippen LogP contribution in [0.15, 0.2) is 18.2 Å². The van der Waals surface area contributed by atoms with E-state index in [1.54, 1.807) is 7.11 Å². The minimum Gasteiger partial charge on any atom is -0.497 e. The van der Waals surface area contributed by atoms with Crippen molar-refractivity contribution in [2.24, 2.45) is 0 Å². The number of aliphatic hydroxyl groups is 1. The van der Waals surface area contributed by atoms with Gasteiger partial charge < -0.3 is 15.2 Å². The molecule has 1 unspecified atom stereocenters. The maximum atomic E-state index is 9.39. The normalized spacial score (nSPS) is 18.9. The minimum absolute atomic E-state index is 0. The predicted octanol–water partition coefficient (Wildman–Crippen LogP) is 1.45. The van der Waals surface area contributed by atoms with Gasteiger partial charge in [0.25, 0.3) is 0 Å². The quantitative estimate of drug-likeness (QED) is 0.745. The average Bonchev–Trinajstić information content (AvgIpc) is 2.17. The molecule has 0 radical (unpaired) electrons. The molecule has 0 spiro atoms. The second kappa shape index (κ2) is 4.53. The van der Waals surface area contributed by atoms with Crippen LogP contribution in [0.2, 0.25) is 0 Å². The molecule has 1 aliphatic rings. The lowest BCUT2D eigenvalue weighted by atomic mass is 10.0. The monoisotopic (exact) mass is 215 g/mol. The summed E-state index contributed by atoms with van der Waals surface area (Å²) in [5, 5.41) is 12.5. The first-order valence-electron chi connectivity index (χ1n) is 4.38. The van der Waals surface area contributed by atoms with Crippen molar-refractivity contribution in [2.75, 3.05) is 19.0 Å². The van der Waals surface area contributed by atoms with Gasteiger partial charge in [-0.05, 0) is 11.6 Å². The van der Waals surface area contributed by atoms with Gasteiger partial charge in [0.05, 0.1) is 13.2 Å². The van der Waals surface area contributed by atoms with Crippen LogP contribution in [0.5, 0.6) is 5.75 Å². The number of β-amino-alcohol motifs (C(OH)–C–C–N with tert-alkyl or cyclic N) is 1. The van der Waals surface area contributed by atoms with E-state index in [0.29, 0.717) is 6.54 Å². The summed E-state index contributed by atoms with van der Waals surface area (Å²) in [5.74, 6) is 0.850. The van der Waals surface area contributed by atoms with E-state index >= 15 is 0 Å². The highest BCUT2D eigenvalue weighted by atomic mass is 35.5. The van der Waals surface area contributed by atoms with E-state index in [2.05, 4.69) is 5.32 Å². The van der Waals surface area contributed by atoms with Gasteiger partial charge in [-0.2, -0.15) is 0 Å². The number of nitrogens with one attached hydrogen (secondary N) is 1. The lowest BCUT2D eigenvalue weighted by Gasteiger charge is -2.22. The third-order valence-corrected chi connectivity index (χ3v) is 2.30. The van der Waals surface area contributed by atoms with Crippen molar-refractivity contribution < 1.29 is 9.84 Å². The van der Waals surface area contributed by atoms with Gasteiger partial charge >= 0.3 is 0 Å². The molecule has 2 rings (SSSR count). The Labute approximate surface area is 89.5 Å². The smallest absolute Gasteiger partial charge is 0.120 e. The molecule has 0 fully saturated rings. The summed E-state index contributed by atoms with van der Waals surface area (Å²) in [4.78, 5) is 0. The Morgan fingerprint density at radius 3 is 3.00 bits per heavy atom. The molecule has 1 heterocycles. The van der Waals surface area contributed by atoms with Crippen LogP contribution in [-0.4, -0.2) is 24.9 Å². The Hall–Kier alpha value is -0.930. The van der Waals surface area contributed by atoms with Crippen molar-refractivity contribution in [2.45, 2.75) is 12.5 Å². The van der Waals surface area contributed by atoms with Crippen molar-refractivity contribution in [1.29, 1.82) is 0 Å². The zero-order valence-corrected chi connectivity index (χ0v) is 8.80. The number of benzene rings is 1. The van der Waals surface area contributed by atoms with Gasteiger partial charge in [-0.15, -0.1) is 12.4 Å². The number of rotatable bonds is 1. The summed E-state index contributed by atoms with van der Waals surface area (Å²) >= 11 is 0. The first-order valence-corrected chi connectivity index (χ1v) is 4.38. The highest BCUT2D eigenvalue weighted by molar-refractivity contribution is 5.85. The van der Waals surface area contributed by atoms with Crippen LogP contribution >= 0.6 is 12.4 Å². The third-order valence-electron chi connectivity index (χ3n) is 2.30. The maximum Gasteiger partial charge on any atom is 0.120 e. The summed E-state index contributed by atoms with van der Waals surface area (Å²) < 4.78 is 5.10. The van der Waals surface area contributed by atoms with Crippen LogP contribution in [0.3, 0.4) is 0 Å². The van der Waals surface area contributed by atoms with Crippen LogP contribution in [-0.2, 0) is 6.42 Å². The Kier molecular flexibility index (Phi) is 3.61. The predicted molar refractivity (Wildman–Crippen MR) is 58.4 cm³/mol. The Balaban J connectivity index is 0.000000980. The summed E-state index contributed by atoms with van der Waals surface area (Å²) in [7, 11) is 1.65. The van der Waals surface area contributed by atoms with Gasteiger partial charge in [-0.1, -0.05) is 6.07 Å². The van der Waals surface area contributed by atoms with Crippen molar-refractivity contribution >= 4 is 18.1 Å². The molecular weight excluding hydrogens is 202 g/mol. The third kappa shape index (κ3) is 2.11. The minimum atomic E-state index is -0.263. The van der Waals surface area contributed by atoms with E-state index in [1.165, 1.54) is 0 Å². The molecule has 2 N–H and O–H groups in total. The van der Waals surface area contributed by atoms with Gasteiger partial charge in [0, 0.05) is 24.7 Å². The lowest BCUT2D eigenvalue weighted by Crippen LogP contribution is -2.27. The van der Waals surface area contributed by atoms with E-state index in [0.717, 1.165) is 23.4 Å². The van der Waals surface area contributed by atoms with Crippen LogP contribution in [0, 0.1) is 0 Å². The number of anilines is 1. The molecule has 1 aromatic carbocycles. The lowest BCUT2D eigenvalue weighted by molar-refractivity contribution is 0.184. The van der Waals surface area contributed by atoms with Gasteiger partial charge in [-0.25, -0.2) is 0 Å². The Morgan fingerprint density at radius 1 is 1.50 bits per heavy atom. The van der Waals surface area contributed by atoms with Crippen molar-refractivity contribution in [3.05, 3.63) is 23.8 Å². The van der Waals surface area contributed by atoms with Gasteiger partial charge in [0.1, 0.15) is 5.75 Å². The topological polar surface area (TPSA) is 41.5 Å². The van der Waals surface area contributed by atoms with Crippen molar-refractivity contribution in [1.82, 2.24) is 0 Å². The molecule has 0 saturated heterocycles. The van der Waals surface area contributed by atoms with E-state index < -0.39 is 0 Å². The number of methoxy groups -OCH3 is 1. The van der Waals surface area contributed by atoms with Crippen molar-refractivity contribution in [3.8, 4) is 5.75 Å². The summed E-state index contributed by atoms with van der Waals surface area (Å²) in [5.41, 5.74) is 2.23. The molecule has 0 saturated carbocycles. The van der Waals surface area contributed by atoms with Crippen LogP contribution < -0.4 is 10.1 Å². The molecule has 78 valence electrons. The molecule has 3 nitrogen and oxygen atoms in total. The second-order valence-electron chi connectivity index (χ2n) is 3.26. The first kappa shape index (κ1) is 11.1. The van der Waals surface area contributed by atoms with Crippen LogP contribution in [0.1, 0.15) is 5.56 Å². The molecular formula is C10H14ClNO2. The molecule has 1 aliphatic heterocycles. The highest BCUT2D eigenvalue weighted by Crippen LogP contribution is 2.26. The molecule has 0 bridgehead atoms. The fraction of sp³-hybridized carbons (Fsp3) is 0.400. The van der Waals surface area contributed by atoms with Gasteiger partial charge in [0.15, 0.2) is 0 Å². The SMILES string of the molecule is COc1ccc2c(c1)NCC(O)C2.Cl. The molecule has 14 heavy (non-hydrogen) atoms. The summed E-state index contributed by atoms with van der Waals surface area (Å²) in [6.45, 7) is 0.625. The van der Waals surface area contributed by atoms with E-state index in [1.807, 2.05) is 18.2 Å². The second-order valence-corrected chi connectivity index (χ2v) is 3.26. The molecule has 1 atom stereocenters. The number of ether oxygens (including phenoxy) is 1. The molecule has 4 heteroatoms. The van der Waals surface area contributed by atoms with Gasteiger partial charge in [-0.3, -0.25) is 0 Å². The average molecular weight is 216 g/mol. The molecule has 0 aromatic heterocycles. The first-order chi connectivity index (χ1) is 6.29. The highest BCUT2D eigenvalue weighted by Gasteiger charge is 2.15. The fourth-order valence-corrected chi connectivity index (χ4v) is 1.58. The molecule has 0 amide bonds. The van der Waals surface area contributed by atoms with E-state index in [-0.39, 0.29) is 18.5 Å². The zero-order valence-electron chi connectivity index (χ0n) is 7.99. The van der Waals surface area contributed by atoms with E-state index in [4.69, 9.17) is 4.74 Å². The summed E-state index contributed by atoms with van der Waals surface area (Å²) in [6, 6.07) is 5.86. The number of halogens is 1. The van der Waals surface area contributed by atoms with Crippen molar-refractivity contribution in [3.63, 3.8) is 0 Å². The number of fused-ring (bicyclic) bond motifs is 1. The number of aliphatic hydroxyl groups excluding tert-OH is 1. The zero-order chi connectivity index (χ0) is 9.26. The van der Waals surface area contributed by atoms with Crippen LogP contribution in [0.4, 0.5) is 5.69 Å².